The van der Waals surface area contributed by atoms with Crippen molar-refractivity contribution in [1.82, 2.24) is 0 Å². The van der Waals surface area contributed by atoms with Crippen LogP contribution in [0.2, 0.25) is 0 Å². The third-order valence-electron chi connectivity index (χ3n) is 4.90. The van der Waals surface area contributed by atoms with Crippen molar-refractivity contribution in [3.63, 3.8) is 0 Å². The molecule has 2 rings (SSSR count). The maximum absolute atomic E-state index is 12.0. The van der Waals surface area contributed by atoms with Crippen molar-refractivity contribution >= 4 is 5.97 Å². The Labute approximate surface area is 161 Å². The second-order valence-corrected chi connectivity index (χ2v) is 6.52. The molecule has 28 heavy (non-hydrogen) atoms. The molecule has 0 bridgehead atoms. The third-order valence-corrected chi connectivity index (χ3v) is 4.90. The SMILES string of the molecule is C=CC1C(OC2OC(CO)C(O)C(O)C2O)OC=C(C(=O)OC)C1(O)CCO. The van der Waals surface area contributed by atoms with Crippen LogP contribution in [0.5, 0.6) is 0 Å². The third kappa shape index (κ3) is 4.07. The first kappa shape index (κ1) is 22.7. The van der Waals surface area contributed by atoms with Crippen molar-refractivity contribution in [2.24, 2.45) is 5.92 Å². The van der Waals surface area contributed by atoms with Crippen LogP contribution in [0, 0.1) is 5.92 Å². The summed E-state index contributed by atoms with van der Waals surface area (Å²) < 4.78 is 20.7. The molecule has 0 aromatic carbocycles. The van der Waals surface area contributed by atoms with E-state index in [1.54, 1.807) is 0 Å². The van der Waals surface area contributed by atoms with Gasteiger partial charge in [-0.2, -0.15) is 0 Å². The molecule has 1 saturated heterocycles. The van der Waals surface area contributed by atoms with Gasteiger partial charge in [0.15, 0.2) is 6.29 Å². The van der Waals surface area contributed by atoms with Crippen LogP contribution >= 0.6 is 0 Å². The summed E-state index contributed by atoms with van der Waals surface area (Å²) >= 11 is 0. The Balaban J connectivity index is 2.29. The van der Waals surface area contributed by atoms with E-state index in [2.05, 4.69) is 11.3 Å². The molecule has 6 N–H and O–H groups in total. The zero-order valence-corrected chi connectivity index (χ0v) is 15.2. The lowest BCUT2D eigenvalue weighted by molar-refractivity contribution is -0.343. The molecule has 11 heteroatoms. The van der Waals surface area contributed by atoms with Gasteiger partial charge < -0.3 is 49.6 Å². The van der Waals surface area contributed by atoms with Gasteiger partial charge in [-0.15, -0.1) is 6.58 Å². The number of carbonyl (C=O) groups is 1. The van der Waals surface area contributed by atoms with Crippen molar-refractivity contribution in [3.8, 4) is 0 Å². The van der Waals surface area contributed by atoms with Crippen molar-refractivity contribution < 1.29 is 54.4 Å². The minimum absolute atomic E-state index is 0.261. The summed E-state index contributed by atoms with van der Waals surface area (Å²) in [4.78, 5) is 12.0. The van der Waals surface area contributed by atoms with Crippen molar-refractivity contribution in [2.75, 3.05) is 20.3 Å². The molecule has 2 aliphatic heterocycles. The second-order valence-electron chi connectivity index (χ2n) is 6.52. The van der Waals surface area contributed by atoms with Crippen LogP contribution in [0.1, 0.15) is 6.42 Å². The molecular weight excluding hydrogens is 380 g/mol. The average Bonchev–Trinajstić information content (AvgIpc) is 2.68. The lowest BCUT2D eigenvalue weighted by atomic mass is 9.77. The van der Waals surface area contributed by atoms with Gasteiger partial charge in [0.05, 0.1) is 25.9 Å². The molecule has 0 radical (unpaired) electrons. The van der Waals surface area contributed by atoms with E-state index in [1.165, 1.54) is 6.08 Å². The summed E-state index contributed by atoms with van der Waals surface area (Å²) in [5.41, 5.74) is -2.22. The van der Waals surface area contributed by atoms with Gasteiger partial charge in [0.2, 0.25) is 6.29 Å². The van der Waals surface area contributed by atoms with Crippen LogP contribution in [0.4, 0.5) is 0 Å². The fourth-order valence-electron chi connectivity index (χ4n) is 3.27. The van der Waals surface area contributed by atoms with Gasteiger partial charge in [0.1, 0.15) is 35.6 Å². The molecule has 0 spiro atoms. The first-order valence-corrected chi connectivity index (χ1v) is 8.61. The highest BCUT2D eigenvalue weighted by Crippen LogP contribution is 2.40. The van der Waals surface area contributed by atoms with E-state index < -0.39 is 67.7 Å². The number of ether oxygens (including phenoxy) is 4. The number of methoxy groups -OCH3 is 1. The number of esters is 1. The summed E-state index contributed by atoms with van der Waals surface area (Å²) in [5, 5.41) is 59.5. The van der Waals surface area contributed by atoms with Gasteiger partial charge in [-0.25, -0.2) is 4.79 Å². The first-order valence-electron chi connectivity index (χ1n) is 8.61. The predicted octanol–water partition coefficient (Wildman–Crippen LogP) is -2.87. The molecule has 0 aromatic rings. The maximum Gasteiger partial charge on any atom is 0.339 e. The highest BCUT2D eigenvalue weighted by atomic mass is 16.8. The smallest absolute Gasteiger partial charge is 0.339 e. The van der Waals surface area contributed by atoms with E-state index in [-0.39, 0.29) is 12.0 Å². The largest absolute Gasteiger partial charge is 0.471 e. The molecular formula is C17H26O11. The molecule has 2 aliphatic rings. The fraction of sp³-hybridized carbons (Fsp3) is 0.706. The van der Waals surface area contributed by atoms with Gasteiger partial charge in [-0.3, -0.25) is 0 Å². The average molecular weight is 406 g/mol. The minimum Gasteiger partial charge on any atom is -0.471 e. The highest BCUT2D eigenvalue weighted by molar-refractivity contribution is 5.90. The van der Waals surface area contributed by atoms with Crippen LogP contribution in [-0.2, 0) is 23.7 Å². The van der Waals surface area contributed by atoms with Crippen LogP contribution in [-0.4, -0.2) is 99.5 Å². The van der Waals surface area contributed by atoms with Crippen LogP contribution < -0.4 is 0 Å². The Bertz CT molecular complexity index is 592. The first-order chi connectivity index (χ1) is 13.2. The number of carbonyl (C=O) groups excluding carboxylic acids is 1. The van der Waals surface area contributed by atoms with E-state index >= 15 is 0 Å². The zero-order chi connectivity index (χ0) is 21.1. The van der Waals surface area contributed by atoms with Gasteiger partial charge >= 0.3 is 5.97 Å². The maximum atomic E-state index is 12.0. The number of aliphatic hydroxyl groups is 6. The molecule has 0 aliphatic carbocycles. The molecule has 0 aromatic heterocycles. The molecule has 0 amide bonds. The standard InChI is InChI=1S/C17H26O11/c1-3-8-15(26-7-9(14(23)25-2)17(8,24)4-5-18)28-16-13(22)12(21)11(20)10(6-19)27-16/h3,7-8,10-13,15-16,18-22,24H,1,4-6H2,2H3. The summed E-state index contributed by atoms with van der Waals surface area (Å²) in [5.74, 6) is -1.99. The Hall–Kier alpha value is -1.57. The van der Waals surface area contributed by atoms with Gasteiger partial charge in [-0.05, 0) is 0 Å². The van der Waals surface area contributed by atoms with Crippen molar-refractivity contribution in [1.29, 1.82) is 0 Å². The van der Waals surface area contributed by atoms with Gasteiger partial charge in [-0.1, -0.05) is 6.08 Å². The lowest BCUT2D eigenvalue weighted by Crippen LogP contribution is -2.61. The normalized spacial score (nSPS) is 41.0. The predicted molar refractivity (Wildman–Crippen MR) is 90.2 cm³/mol. The van der Waals surface area contributed by atoms with E-state index in [0.29, 0.717) is 0 Å². The molecule has 2 heterocycles. The minimum atomic E-state index is -1.96. The summed E-state index contributed by atoms with van der Waals surface area (Å²) in [7, 11) is 1.11. The topological polar surface area (TPSA) is 175 Å². The fourth-order valence-corrected chi connectivity index (χ4v) is 3.27. The number of rotatable bonds is 7. The Morgan fingerprint density at radius 2 is 1.93 bits per heavy atom. The second kappa shape index (κ2) is 9.29. The Kier molecular flexibility index (Phi) is 7.53. The van der Waals surface area contributed by atoms with E-state index in [9.17, 15) is 35.4 Å². The molecule has 11 nitrogen and oxygen atoms in total. The molecule has 8 unspecified atom stereocenters. The van der Waals surface area contributed by atoms with E-state index in [1.807, 2.05) is 0 Å². The molecule has 8 atom stereocenters. The number of hydrogen-bond acceptors (Lipinski definition) is 11. The van der Waals surface area contributed by atoms with Crippen molar-refractivity contribution in [2.45, 2.75) is 49.0 Å². The van der Waals surface area contributed by atoms with Crippen LogP contribution in [0.15, 0.2) is 24.5 Å². The lowest BCUT2D eigenvalue weighted by Gasteiger charge is -2.45. The van der Waals surface area contributed by atoms with Crippen LogP contribution in [0.3, 0.4) is 0 Å². The number of hydrogen-bond donors (Lipinski definition) is 6. The Morgan fingerprint density at radius 3 is 2.46 bits per heavy atom. The monoisotopic (exact) mass is 406 g/mol. The van der Waals surface area contributed by atoms with Crippen molar-refractivity contribution in [3.05, 3.63) is 24.5 Å². The van der Waals surface area contributed by atoms with Crippen LogP contribution in [0.25, 0.3) is 0 Å². The summed E-state index contributed by atoms with van der Waals surface area (Å²) in [6.45, 7) is 2.45. The highest BCUT2D eigenvalue weighted by Gasteiger charge is 2.52. The quantitative estimate of drug-likeness (QED) is 0.189. The molecule has 160 valence electrons. The van der Waals surface area contributed by atoms with Gasteiger partial charge in [0, 0.05) is 13.0 Å². The zero-order valence-electron chi connectivity index (χ0n) is 15.2. The van der Waals surface area contributed by atoms with Gasteiger partial charge in [0.25, 0.3) is 0 Å². The molecule has 0 saturated carbocycles. The summed E-state index contributed by atoms with van der Waals surface area (Å²) in [6, 6.07) is 0. The summed E-state index contributed by atoms with van der Waals surface area (Å²) in [6.07, 6.45) is -7.13. The van der Waals surface area contributed by atoms with E-state index in [0.717, 1.165) is 13.4 Å². The molecule has 1 fully saturated rings. The number of aliphatic hydroxyl groups excluding tert-OH is 5. The Morgan fingerprint density at radius 1 is 1.25 bits per heavy atom. The van der Waals surface area contributed by atoms with E-state index in [4.69, 9.17) is 14.2 Å².